The largest absolute Gasteiger partial charge is 0.493 e. The molecule has 0 bridgehead atoms. The summed E-state index contributed by atoms with van der Waals surface area (Å²) in [7, 11) is 3.21. The molecule has 37 heavy (non-hydrogen) atoms. The van der Waals surface area contributed by atoms with Crippen LogP contribution in [0.5, 0.6) is 11.5 Å². The first-order chi connectivity index (χ1) is 17.9. The fraction of sp³-hybridized carbons (Fsp3) is 0.400. The van der Waals surface area contributed by atoms with Gasteiger partial charge in [-0.15, -0.1) is 0 Å². The van der Waals surface area contributed by atoms with E-state index < -0.39 is 0 Å². The predicted molar refractivity (Wildman–Crippen MR) is 144 cm³/mol. The summed E-state index contributed by atoms with van der Waals surface area (Å²) in [5.74, 6) is 2.58. The van der Waals surface area contributed by atoms with E-state index in [9.17, 15) is 9.59 Å². The van der Waals surface area contributed by atoms with Crippen LogP contribution in [-0.2, 0) is 17.8 Å². The number of rotatable bonds is 13. The second kappa shape index (κ2) is 13.5. The molecular weight excluding hydrogens is 468 g/mol. The van der Waals surface area contributed by atoms with Crippen LogP contribution in [0.15, 0.2) is 59.0 Å². The Hall–Kier alpha value is -3.74. The molecule has 0 saturated carbocycles. The highest BCUT2D eigenvalue weighted by Gasteiger charge is 2.24. The number of nitrogens with zero attached hydrogens (tertiary/aromatic N) is 2. The number of carbonyl (C=O) groups excluding carboxylic acids is 2. The monoisotopic (exact) mass is 506 g/mol. The Labute approximate surface area is 220 Å². The number of amides is 2. The highest BCUT2D eigenvalue weighted by molar-refractivity contribution is 5.97. The number of ether oxygens (including phenoxy) is 2. The van der Waals surface area contributed by atoms with Gasteiger partial charge in [-0.1, -0.05) is 37.6 Å². The summed E-state index contributed by atoms with van der Waals surface area (Å²) in [6, 6.07) is 17.0. The first kappa shape index (κ1) is 27.8. The van der Waals surface area contributed by atoms with Crippen molar-refractivity contribution in [2.45, 2.75) is 46.6 Å². The normalized spacial score (nSPS) is 10.7. The topological polar surface area (TPSA) is 72.2 Å². The van der Waals surface area contributed by atoms with Crippen molar-refractivity contribution in [2.24, 2.45) is 0 Å². The molecule has 7 nitrogen and oxygen atoms in total. The molecule has 0 atom stereocenters. The van der Waals surface area contributed by atoms with E-state index in [1.54, 1.807) is 24.0 Å². The zero-order valence-corrected chi connectivity index (χ0v) is 22.6. The Morgan fingerprint density at radius 2 is 1.65 bits per heavy atom. The predicted octanol–water partition coefficient (Wildman–Crippen LogP) is 5.43. The summed E-state index contributed by atoms with van der Waals surface area (Å²) in [6.45, 7) is 7.22. The number of benzene rings is 2. The molecule has 0 spiro atoms. The van der Waals surface area contributed by atoms with Gasteiger partial charge in [0.25, 0.3) is 5.91 Å². The average Bonchev–Trinajstić information content (AvgIpc) is 3.32. The van der Waals surface area contributed by atoms with Crippen molar-refractivity contribution in [1.82, 2.24) is 9.80 Å². The fourth-order valence-electron chi connectivity index (χ4n) is 4.20. The van der Waals surface area contributed by atoms with Crippen molar-refractivity contribution >= 4 is 11.8 Å². The van der Waals surface area contributed by atoms with Crippen LogP contribution in [0.25, 0.3) is 0 Å². The quantitative estimate of drug-likeness (QED) is 0.309. The van der Waals surface area contributed by atoms with Crippen molar-refractivity contribution in [3.63, 3.8) is 0 Å². The number of unbranched alkanes of at least 4 members (excludes halogenated alkanes) is 1. The minimum Gasteiger partial charge on any atom is -0.493 e. The maximum absolute atomic E-state index is 13.6. The summed E-state index contributed by atoms with van der Waals surface area (Å²) in [6.07, 6.45) is 2.38. The van der Waals surface area contributed by atoms with Crippen molar-refractivity contribution in [3.05, 3.63) is 82.8 Å². The van der Waals surface area contributed by atoms with Gasteiger partial charge < -0.3 is 23.7 Å². The summed E-state index contributed by atoms with van der Waals surface area (Å²) in [4.78, 5) is 30.5. The molecule has 3 aromatic rings. The smallest absolute Gasteiger partial charge is 0.254 e. The Morgan fingerprint density at radius 3 is 2.30 bits per heavy atom. The first-order valence-electron chi connectivity index (χ1n) is 12.7. The van der Waals surface area contributed by atoms with Gasteiger partial charge in [0.05, 0.1) is 20.8 Å². The van der Waals surface area contributed by atoms with Crippen LogP contribution >= 0.6 is 0 Å². The molecule has 0 aliphatic heterocycles. The maximum Gasteiger partial charge on any atom is 0.254 e. The minimum absolute atomic E-state index is 0.0127. The number of hydrogen-bond donors (Lipinski definition) is 0. The molecule has 1 heterocycles. The molecule has 0 unspecified atom stereocenters. The highest BCUT2D eigenvalue weighted by atomic mass is 16.5. The van der Waals surface area contributed by atoms with E-state index in [4.69, 9.17) is 13.9 Å². The second-order valence-corrected chi connectivity index (χ2v) is 9.16. The molecular formula is C30H38N2O5. The molecule has 0 aliphatic carbocycles. The van der Waals surface area contributed by atoms with Crippen molar-refractivity contribution < 1.29 is 23.5 Å². The first-order valence-corrected chi connectivity index (χ1v) is 12.7. The Morgan fingerprint density at radius 1 is 0.892 bits per heavy atom. The summed E-state index contributed by atoms with van der Waals surface area (Å²) in [5, 5.41) is 0. The molecule has 0 N–H and O–H groups in total. The molecule has 0 saturated heterocycles. The van der Waals surface area contributed by atoms with Gasteiger partial charge in [-0.3, -0.25) is 9.59 Å². The van der Waals surface area contributed by atoms with Crippen molar-refractivity contribution in [1.29, 1.82) is 0 Å². The van der Waals surface area contributed by atoms with Crippen LogP contribution in [-0.4, -0.2) is 55.5 Å². The van der Waals surface area contributed by atoms with E-state index >= 15 is 0 Å². The zero-order chi connectivity index (χ0) is 26.8. The van der Waals surface area contributed by atoms with Gasteiger partial charge in [0.15, 0.2) is 11.5 Å². The van der Waals surface area contributed by atoms with Crippen LogP contribution in [0.3, 0.4) is 0 Å². The molecule has 1 aromatic heterocycles. The van der Waals surface area contributed by atoms with Crippen molar-refractivity contribution in [2.75, 3.05) is 33.9 Å². The van der Waals surface area contributed by atoms with Gasteiger partial charge in [0.2, 0.25) is 5.91 Å². The third kappa shape index (κ3) is 7.62. The lowest BCUT2D eigenvalue weighted by Gasteiger charge is -2.28. The number of hydrogen-bond acceptors (Lipinski definition) is 5. The van der Waals surface area contributed by atoms with Crippen LogP contribution in [0.4, 0.5) is 0 Å². The van der Waals surface area contributed by atoms with E-state index in [2.05, 4.69) is 6.92 Å². The van der Waals surface area contributed by atoms with Crippen LogP contribution in [0.1, 0.15) is 52.8 Å². The van der Waals surface area contributed by atoms with Crippen LogP contribution in [0.2, 0.25) is 0 Å². The molecule has 2 amide bonds. The summed E-state index contributed by atoms with van der Waals surface area (Å²) >= 11 is 0. The molecule has 7 heteroatoms. The Balaban J connectivity index is 1.80. The molecule has 2 aromatic carbocycles. The number of carbonyl (C=O) groups is 2. The van der Waals surface area contributed by atoms with Gasteiger partial charge in [-0.05, 0) is 68.1 Å². The van der Waals surface area contributed by atoms with Gasteiger partial charge in [-0.2, -0.15) is 0 Å². The van der Waals surface area contributed by atoms with Gasteiger partial charge in [0, 0.05) is 18.7 Å². The Kier molecular flexibility index (Phi) is 10.2. The lowest BCUT2D eigenvalue weighted by Crippen LogP contribution is -2.44. The third-order valence-corrected chi connectivity index (χ3v) is 6.38. The highest BCUT2D eigenvalue weighted by Crippen LogP contribution is 2.28. The zero-order valence-electron chi connectivity index (χ0n) is 22.6. The van der Waals surface area contributed by atoms with E-state index in [0.717, 1.165) is 29.7 Å². The second-order valence-electron chi connectivity index (χ2n) is 9.16. The number of aryl methyl sites for hydroxylation is 2. The molecule has 3 rings (SSSR count). The lowest BCUT2D eigenvalue weighted by atomic mass is 10.1. The van der Waals surface area contributed by atoms with Gasteiger partial charge in [0.1, 0.15) is 18.1 Å². The molecule has 198 valence electrons. The van der Waals surface area contributed by atoms with E-state index in [1.807, 2.05) is 68.4 Å². The maximum atomic E-state index is 13.6. The van der Waals surface area contributed by atoms with Crippen LogP contribution in [0, 0.1) is 13.8 Å². The number of methoxy groups -OCH3 is 2. The standard InChI is InChI=1S/C30H38N2O5/c1-6-7-17-32(30(34)26-11-9-8-10-22(26)2)21-29(33)31(20-25-14-12-23(3)37-25)18-16-24-13-15-27(35-4)28(19-24)36-5/h8-15,19H,6-7,16-18,20-21H2,1-5H3. The summed E-state index contributed by atoms with van der Waals surface area (Å²) < 4.78 is 16.5. The number of furan rings is 1. The van der Waals surface area contributed by atoms with Gasteiger partial charge in [-0.25, -0.2) is 0 Å². The van der Waals surface area contributed by atoms with Gasteiger partial charge >= 0.3 is 0 Å². The average molecular weight is 507 g/mol. The van der Waals surface area contributed by atoms with E-state index in [1.165, 1.54) is 0 Å². The molecule has 0 fully saturated rings. The lowest BCUT2D eigenvalue weighted by molar-refractivity contribution is -0.132. The molecule has 0 aliphatic rings. The fourth-order valence-corrected chi connectivity index (χ4v) is 4.20. The Bertz CT molecular complexity index is 1190. The minimum atomic E-state index is -0.118. The van der Waals surface area contributed by atoms with Crippen LogP contribution < -0.4 is 9.47 Å². The third-order valence-electron chi connectivity index (χ3n) is 6.38. The summed E-state index contributed by atoms with van der Waals surface area (Å²) in [5.41, 5.74) is 2.55. The van der Waals surface area contributed by atoms with Crippen molar-refractivity contribution in [3.8, 4) is 11.5 Å². The van der Waals surface area contributed by atoms with E-state index in [-0.39, 0.29) is 18.4 Å². The van der Waals surface area contributed by atoms with E-state index in [0.29, 0.717) is 48.9 Å². The SMILES string of the molecule is CCCCN(CC(=O)N(CCc1ccc(OC)c(OC)c1)Cc1ccc(C)o1)C(=O)c1ccccc1C. The molecule has 0 radical (unpaired) electrons.